The lowest BCUT2D eigenvalue weighted by molar-refractivity contribution is -0.123. The van der Waals surface area contributed by atoms with Gasteiger partial charge in [0.05, 0.1) is 18.4 Å². The molecule has 3 rings (SSSR count). The van der Waals surface area contributed by atoms with Gasteiger partial charge in [0, 0.05) is 0 Å². The third kappa shape index (κ3) is 4.61. The molecule has 0 bridgehead atoms. The Kier molecular flexibility index (Phi) is 5.84. The van der Waals surface area contributed by atoms with Gasteiger partial charge in [-0.15, -0.1) is 16.4 Å². The van der Waals surface area contributed by atoms with E-state index in [2.05, 4.69) is 15.0 Å². The number of phenolic OH excluding ortho intramolecular Hbond substituents is 1. The number of sulfonamides is 1. The van der Waals surface area contributed by atoms with Crippen LogP contribution in [0.4, 0.5) is 0 Å². The molecule has 0 saturated heterocycles. The van der Waals surface area contributed by atoms with Gasteiger partial charge in [0.2, 0.25) is 10.0 Å². The molecule has 0 spiro atoms. The summed E-state index contributed by atoms with van der Waals surface area (Å²) in [6, 6.07) is 9.11. The number of thiophene rings is 1. The van der Waals surface area contributed by atoms with Gasteiger partial charge < -0.3 is 5.11 Å². The van der Waals surface area contributed by atoms with Gasteiger partial charge in [0.25, 0.3) is 5.91 Å². The van der Waals surface area contributed by atoms with Crippen LogP contribution in [0.3, 0.4) is 0 Å². The van der Waals surface area contributed by atoms with E-state index >= 15 is 0 Å². The molecular formula is C16H15N5O5S2. The van der Waals surface area contributed by atoms with E-state index in [9.17, 15) is 18.3 Å². The Balaban J connectivity index is 1.81. The second-order valence-corrected chi connectivity index (χ2v) is 8.41. The largest absolute Gasteiger partial charge is 0.508 e. The molecule has 4 N–H and O–H groups in total. The number of hydrogen-bond donors (Lipinski definition) is 4. The van der Waals surface area contributed by atoms with E-state index in [1.54, 1.807) is 23.6 Å². The number of carbonyl (C=O) groups is 1. The molecule has 0 aliphatic heterocycles. The Morgan fingerprint density at radius 3 is 2.64 bits per heavy atom. The standard InChI is InChI=1S/C16H15N5O5S2/c22-13-5-3-11(4-6-13)8-14(16(23)19-24)21-10-12(18-20-21)9-17-28(25,26)15-2-1-7-27-15/h1-8,10,17,22,24H,9H2,(H,19,23). The van der Waals surface area contributed by atoms with E-state index in [1.807, 2.05) is 0 Å². The van der Waals surface area contributed by atoms with Crippen LogP contribution >= 0.6 is 11.3 Å². The van der Waals surface area contributed by atoms with Crippen LogP contribution in [0.5, 0.6) is 5.75 Å². The third-order valence-electron chi connectivity index (χ3n) is 3.52. The molecule has 0 aliphatic carbocycles. The Hall–Kier alpha value is -3.06. The SMILES string of the molecule is O=C(NO)C(=Cc1ccc(O)cc1)n1cc(CNS(=O)(=O)c2cccs2)nn1. The summed E-state index contributed by atoms with van der Waals surface area (Å²) in [5.74, 6) is -0.782. The van der Waals surface area contributed by atoms with Crippen molar-refractivity contribution in [1.82, 2.24) is 25.2 Å². The number of benzene rings is 1. The van der Waals surface area contributed by atoms with Crippen molar-refractivity contribution in [2.24, 2.45) is 0 Å². The van der Waals surface area contributed by atoms with Crippen LogP contribution in [0.25, 0.3) is 11.8 Å². The monoisotopic (exact) mass is 421 g/mol. The zero-order chi connectivity index (χ0) is 20.1. The van der Waals surface area contributed by atoms with Crippen LogP contribution in [-0.4, -0.2) is 39.6 Å². The van der Waals surface area contributed by atoms with Gasteiger partial charge in [-0.2, -0.15) is 0 Å². The van der Waals surface area contributed by atoms with Crippen LogP contribution in [0.2, 0.25) is 0 Å². The number of nitrogens with one attached hydrogen (secondary N) is 2. The van der Waals surface area contributed by atoms with Crippen molar-refractivity contribution in [3.05, 3.63) is 59.2 Å². The zero-order valence-corrected chi connectivity index (χ0v) is 15.8. The van der Waals surface area contributed by atoms with Gasteiger partial charge in [-0.1, -0.05) is 23.4 Å². The van der Waals surface area contributed by atoms with E-state index in [4.69, 9.17) is 5.21 Å². The van der Waals surface area contributed by atoms with Crippen LogP contribution in [-0.2, 0) is 21.4 Å². The first-order chi connectivity index (χ1) is 13.4. The highest BCUT2D eigenvalue weighted by Crippen LogP contribution is 2.17. The second kappa shape index (κ2) is 8.31. The number of hydroxylamine groups is 1. The fourth-order valence-corrected chi connectivity index (χ4v) is 4.21. The van der Waals surface area contributed by atoms with Crippen molar-refractivity contribution in [2.45, 2.75) is 10.8 Å². The van der Waals surface area contributed by atoms with Gasteiger partial charge in [-0.25, -0.2) is 23.3 Å². The number of amides is 1. The molecule has 0 aliphatic rings. The van der Waals surface area contributed by atoms with Gasteiger partial charge in [0.15, 0.2) is 0 Å². The van der Waals surface area contributed by atoms with Crippen molar-refractivity contribution in [3.8, 4) is 5.75 Å². The molecule has 1 amide bonds. The molecule has 0 fully saturated rings. The molecule has 0 radical (unpaired) electrons. The Morgan fingerprint density at radius 2 is 2.00 bits per heavy atom. The Labute approximate surface area is 163 Å². The highest BCUT2D eigenvalue weighted by molar-refractivity contribution is 7.91. The quantitative estimate of drug-likeness (QED) is 0.253. The molecule has 0 saturated carbocycles. The van der Waals surface area contributed by atoms with E-state index in [-0.39, 0.29) is 27.9 Å². The smallest absolute Gasteiger partial charge is 0.293 e. The lowest BCUT2D eigenvalue weighted by atomic mass is 10.2. The summed E-state index contributed by atoms with van der Waals surface area (Å²) in [6.45, 7) is -0.131. The minimum Gasteiger partial charge on any atom is -0.508 e. The first-order valence-electron chi connectivity index (χ1n) is 7.79. The normalized spacial score (nSPS) is 12.1. The number of nitrogens with zero attached hydrogens (tertiary/aromatic N) is 3. The number of rotatable bonds is 7. The predicted molar refractivity (Wildman–Crippen MR) is 101 cm³/mol. The molecule has 1 aromatic carbocycles. The molecule has 2 aromatic heterocycles. The minimum absolute atomic E-state index is 0.0615. The lowest BCUT2D eigenvalue weighted by Crippen LogP contribution is -2.23. The Morgan fingerprint density at radius 1 is 1.25 bits per heavy atom. The summed E-state index contributed by atoms with van der Waals surface area (Å²) in [5, 5.41) is 27.6. The maximum atomic E-state index is 12.1. The molecule has 0 unspecified atom stereocenters. The van der Waals surface area contributed by atoms with Gasteiger partial charge in [-0.3, -0.25) is 10.0 Å². The van der Waals surface area contributed by atoms with Crippen molar-refractivity contribution in [1.29, 1.82) is 0 Å². The zero-order valence-electron chi connectivity index (χ0n) is 14.2. The summed E-state index contributed by atoms with van der Waals surface area (Å²) in [5.41, 5.74) is 2.29. The number of phenols is 1. The highest BCUT2D eigenvalue weighted by atomic mass is 32.2. The van der Waals surface area contributed by atoms with Crippen LogP contribution in [0.15, 0.2) is 52.2 Å². The summed E-state index contributed by atoms with van der Waals surface area (Å²) in [4.78, 5) is 12.0. The van der Waals surface area contributed by atoms with Gasteiger partial charge in [-0.05, 0) is 35.2 Å². The average Bonchev–Trinajstić information content (AvgIpc) is 3.38. The molecule has 2 heterocycles. The number of aromatic hydroxyl groups is 1. The lowest BCUT2D eigenvalue weighted by Gasteiger charge is -2.05. The summed E-state index contributed by atoms with van der Waals surface area (Å²) < 4.78 is 28.0. The van der Waals surface area contributed by atoms with Crippen LogP contribution < -0.4 is 10.2 Å². The summed E-state index contributed by atoms with van der Waals surface area (Å²) >= 11 is 1.08. The first kappa shape index (κ1) is 19.7. The Bertz CT molecular complexity index is 1090. The van der Waals surface area contributed by atoms with Crippen molar-refractivity contribution in [3.63, 3.8) is 0 Å². The molecule has 12 heteroatoms. The predicted octanol–water partition coefficient (Wildman–Crippen LogP) is 1.03. The van der Waals surface area contributed by atoms with Gasteiger partial charge in [0.1, 0.15) is 15.7 Å². The number of carbonyl (C=O) groups excluding carboxylic acids is 1. The van der Waals surface area contributed by atoms with Crippen molar-refractivity contribution < 1.29 is 23.5 Å². The third-order valence-corrected chi connectivity index (χ3v) is 6.32. The fraction of sp³-hybridized carbons (Fsp3) is 0.0625. The fourth-order valence-electron chi connectivity index (χ4n) is 2.18. The van der Waals surface area contributed by atoms with Crippen molar-refractivity contribution >= 4 is 39.0 Å². The highest BCUT2D eigenvalue weighted by Gasteiger charge is 2.17. The van der Waals surface area contributed by atoms with Crippen LogP contribution in [0, 0.1) is 0 Å². The number of hydrogen-bond acceptors (Lipinski definition) is 8. The van der Waals surface area contributed by atoms with E-state index < -0.39 is 15.9 Å². The summed E-state index contributed by atoms with van der Waals surface area (Å²) in [6.07, 6.45) is 2.78. The maximum absolute atomic E-state index is 12.1. The summed E-state index contributed by atoms with van der Waals surface area (Å²) in [7, 11) is -3.67. The molecule has 3 aromatic rings. The van der Waals surface area contributed by atoms with E-state index in [1.165, 1.54) is 36.0 Å². The molecule has 28 heavy (non-hydrogen) atoms. The molecule has 10 nitrogen and oxygen atoms in total. The van der Waals surface area contributed by atoms with Crippen LogP contribution in [0.1, 0.15) is 11.3 Å². The first-order valence-corrected chi connectivity index (χ1v) is 10.2. The van der Waals surface area contributed by atoms with Crippen molar-refractivity contribution in [2.75, 3.05) is 0 Å². The molecular weight excluding hydrogens is 406 g/mol. The van der Waals surface area contributed by atoms with E-state index in [0.29, 0.717) is 5.56 Å². The topological polar surface area (TPSA) is 146 Å². The minimum atomic E-state index is -3.67. The average molecular weight is 421 g/mol. The van der Waals surface area contributed by atoms with E-state index in [0.717, 1.165) is 16.0 Å². The molecule has 0 atom stereocenters. The maximum Gasteiger partial charge on any atom is 0.293 e. The molecule has 146 valence electrons. The number of aromatic nitrogens is 3. The van der Waals surface area contributed by atoms with Gasteiger partial charge >= 0.3 is 0 Å². The second-order valence-electron chi connectivity index (χ2n) is 5.47.